The van der Waals surface area contributed by atoms with E-state index < -0.39 is 11.7 Å². The highest BCUT2D eigenvalue weighted by atomic mass is 16.6. The maximum absolute atomic E-state index is 12.0. The Morgan fingerprint density at radius 1 is 1.26 bits per heavy atom. The lowest BCUT2D eigenvalue weighted by molar-refractivity contribution is 0.0525. The van der Waals surface area contributed by atoms with E-state index in [2.05, 4.69) is 10.3 Å². The summed E-state index contributed by atoms with van der Waals surface area (Å²) in [6.45, 7) is 9.63. The van der Waals surface area contributed by atoms with Crippen LogP contribution < -0.4 is 10.1 Å². The third-order valence-corrected chi connectivity index (χ3v) is 2.66. The smallest absolute Gasteiger partial charge is 0.407 e. The van der Waals surface area contributed by atoms with E-state index in [0.717, 1.165) is 0 Å². The van der Waals surface area contributed by atoms with E-state index in [0.29, 0.717) is 30.8 Å². The molecule has 1 aromatic rings. The highest BCUT2D eigenvalue weighted by molar-refractivity contribution is 5.95. The molecule has 1 N–H and O–H groups in total. The zero-order valence-corrected chi connectivity index (χ0v) is 14.5. The molecule has 0 fully saturated rings. The van der Waals surface area contributed by atoms with Gasteiger partial charge in [-0.1, -0.05) is 0 Å². The highest BCUT2D eigenvalue weighted by Gasteiger charge is 2.15. The van der Waals surface area contributed by atoms with Crippen molar-refractivity contribution in [2.45, 2.75) is 59.2 Å². The van der Waals surface area contributed by atoms with Crippen molar-refractivity contribution in [1.82, 2.24) is 10.3 Å². The topological polar surface area (TPSA) is 77.5 Å². The van der Waals surface area contributed by atoms with Gasteiger partial charge in [0.2, 0.25) is 5.88 Å². The van der Waals surface area contributed by atoms with Gasteiger partial charge >= 0.3 is 6.09 Å². The third-order valence-electron chi connectivity index (χ3n) is 2.66. The number of amides is 1. The summed E-state index contributed by atoms with van der Waals surface area (Å²) in [7, 11) is 0. The van der Waals surface area contributed by atoms with Gasteiger partial charge in [0.25, 0.3) is 0 Å². The molecule has 1 aromatic heterocycles. The molecule has 0 saturated heterocycles. The van der Waals surface area contributed by atoms with Crippen LogP contribution in [0.2, 0.25) is 0 Å². The first kappa shape index (κ1) is 18.9. The second-order valence-corrected chi connectivity index (χ2v) is 6.51. The van der Waals surface area contributed by atoms with Gasteiger partial charge in [0, 0.05) is 30.8 Å². The molecule has 0 aromatic carbocycles. The number of Topliss-reactive ketones (excluding diaryl/α,β-unsaturated/α-hetero) is 1. The van der Waals surface area contributed by atoms with Gasteiger partial charge in [0.1, 0.15) is 5.60 Å². The average Bonchev–Trinajstić information content (AvgIpc) is 2.41. The second kappa shape index (κ2) is 8.50. The minimum atomic E-state index is -0.522. The Kier molecular flexibility index (Phi) is 7.00. The summed E-state index contributed by atoms with van der Waals surface area (Å²) in [5.41, 5.74) is 0.0177. The molecule has 0 aliphatic heterocycles. The van der Waals surface area contributed by atoms with Gasteiger partial charge in [-0.2, -0.15) is 0 Å². The first-order valence-corrected chi connectivity index (χ1v) is 7.80. The van der Waals surface area contributed by atoms with E-state index in [1.165, 1.54) is 6.20 Å². The van der Waals surface area contributed by atoms with Crippen molar-refractivity contribution in [2.75, 3.05) is 6.54 Å². The van der Waals surface area contributed by atoms with Crippen molar-refractivity contribution < 1.29 is 19.1 Å². The van der Waals surface area contributed by atoms with Gasteiger partial charge < -0.3 is 14.8 Å². The van der Waals surface area contributed by atoms with E-state index in [9.17, 15) is 9.59 Å². The fraction of sp³-hybridized carbons (Fsp3) is 0.588. The van der Waals surface area contributed by atoms with Crippen molar-refractivity contribution in [3.63, 3.8) is 0 Å². The van der Waals surface area contributed by atoms with Crippen LogP contribution in [0, 0.1) is 0 Å². The van der Waals surface area contributed by atoms with E-state index in [1.54, 1.807) is 32.9 Å². The lowest BCUT2D eigenvalue weighted by Gasteiger charge is -2.19. The number of carbonyl (C=O) groups is 2. The second-order valence-electron chi connectivity index (χ2n) is 6.51. The fourth-order valence-corrected chi connectivity index (χ4v) is 1.75. The number of alkyl carbamates (subject to hydrolysis) is 1. The molecule has 1 amide bonds. The minimum absolute atomic E-state index is 0.0143. The Morgan fingerprint density at radius 3 is 2.48 bits per heavy atom. The molecule has 1 rings (SSSR count). The third kappa shape index (κ3) is 8.18. The molecule has 0 saturated carbocycles. The Labute approximate surface area is 137 Å². The zero-order chi connectivity index (χ0) is 17.5. The Bertz CT molecular complexity index is 518. The number of ketones is 1. The first-order valence-electron chi connectivity index (χ1n) is 7.80. The fourth-order valence-electron chi connectivity index (χ4n) is 1.75. The van der Waals surface area contributed by atoms with Crippen molar-refractivity contribution in [2.24, 2.45) is 0 Å². The summed E-state index contributed by atoms with van der Waals surface area (Å²) in [5.74, 6) is 0.489. The molecule has 1 heterocycles. The average molecular weight is 322 g/mol. The molecular weight excluding hydrogens is 296 g/mol. The van der Waals surface area contributed by atoms with Crippen LogP contribution in [0.15, 0.2) is 18.3 Å². The molecule has 0 aliphatic carbocycles. The molecule has 6 heteroatoms. The van der Waals surface area contributed by atoms with Gasteiger partial charge in [0.05, 0.1) is 6.10 Å². The summed E-state index contributed by atoms with van der Waals surface area (Å²) < 4.78 is 10.5. The maximum Gasteiger partial charge on any atom is 0.407 e. The lowest BCUT2D eigenvalue weighted by atomic mass is 10.1. The number of hydrogen-bond acceptors (Lipinski definition) is 5. The molecule has 0 aliphatic rings. The largest absolute Gasteiger partial charge is 0.475 e. The molecule has 128 valence electrons. The van der Waals surface area contributed by atoms with Crippen LogP contribution in [0.25, 0.3) is 0 Å². The van der Waals surface area contributed by atoms with Crippen LogP contribution in [0.5, 0.6) is 5.88 Å². The van der Waals surface area contributed by atoms with Crippen molar-refractivity contribution in [1.29, 1.82) is 0 Å². The van der Waals surface area contributed by atoms with Crippen LogP contribution in [-0.4, -0.2) is 35.1 Å². The number of pyridine rings is 1. The Hall–Kier alpha value is -2.11. The number of ether oxygens (including phenoxy) is 2. The first-order chi connectivity index (χ1) is 10.7. The van der Waals surface area contributed by atoms with Crippen LogP contribution in [0.4, 0.5) is 4.79 Å². The molecule has 0 bridgehead atoms. The van der Waals surface area contributed by atoms with E-state index in [1.807, 2.05) is 13.8 Å². The summed E-state index contributed by atoms with van der Waals surface area (Å²) in [4.78, 5) is 27.6. The maximum atomic E-state index is 12.0. The van der Waals surface area contributed by atoms with Crippen LogP contribution in [-0.2, 0) is 4.74 Å². The molecule has 0 atom stereocenters. The van der Waals surface area contributed by atoms with Crippen LogP contribution in [0.3, 0.4) is 0 Å². The van der Waals surface area contributed by atoms with Gasteiger partial charge in [-0.05, 0) is 47.1 Å². The summed E-state index contributed by atoms with van der Waals surface area (Å²) in [6.07, 6.45) is 1.97. The standard InChI is InChI=1S/C17H26N2O4/c1-12(2)22-15-9-8-13(11-19-15)14(20)7-6-10-18-16(21)23-17(3,4)5/h8-9,11-12H,6-7,10H2,1-5H3,(H,18,21). The summed E-state index contributed by atoms with van der Waals surface area (Å²) in [5, 5.41) is 2.63. The number of nitrogens with zero attached hydrogens (tertiary/aromatic N) is 1. The number of rotatable bonds is 7. The summed E-state index contributed by atoms with van der Waals surface area (Å²) in [6, 6.07) is 3.39. The van der Waals surface area contributed by atoms with Crippen LogP contribution in [0.1, 0.15) is 57.8 Å². The molecule has 0 spiro atoms. The summed E-state index contributed by atoms with van der Waals surface area (Å²) >= 11 is 0. The molecule has 6 nitrogen and oxygen atoms in total. The number of hydrogen-bond donors (Lipinski definition) is 1. The molecule has 23 heavy (non-hydrogen) atoms. The van der Waals surface area contributed by atoms with Crippen molar-refractivity contribution in [3.8, 4) is 5.88 Å². The Morgan fingerprint density at radius 2 is 1.96 bits per heavy atom. The van der Waals surface area contributed by atoms with Gasteiger partial charge in [0.15, 0.2) is 5.78 Å². The number of carbonyl (C=O) groups excluding carboxylic acids is 2. The normalized spacial score (nSPS) is 11.2. The van der Waals surface area contributed by atoms with Crippen molar-refractivity contribution >= 4 is 11.9 Å². The Balaban J connectivity index is 2.32. The predicted molar refractivity (Wildman–Crippen MR) is 87.8 cm³/mol. The lowest BCUT2D eigenvalue weighted by Crippen LogP contribution is -2.33. The molecule has 0 radical (unpaired) electrons. The SMILES string of the molecule is CC(C)Oc1ccc(C(=O)CCCNC(=O)OC(C)(C)C)cn1. The predicted octanol–water partition coefficient (Wildman–Crippen LogP) is 3.36. The quantitative estimate of drug-likeness (QED) is 0.615. The van der Waals surface area contributed by atoms with E-state index in [4.69, 9.17) is 9.47 Å². The number of aromatic nitrogens is 1. The zero-order valence-electron chi connectivity index (χ0n) is 14.5. The van der Waals surface area contributed by atoms with Gasteiger partial charge in [-0.3, -0.25) is 4.79 Å². The van der Waals surface area contributed by atoms with E-state index >= 15 is 0 Å². The van der Waals surface area contributed by atoms with E-state index in [-0.39, 0.29) is 11.9 Å². The molecule has 0 unspecified atom stereocenters. The van der Waals surface area contributed by atoms with Crippen LogP contribution >= 0.6 is 0 Å². The highest BCUT2D eigenvalue weighted by Crippen LogP contribution is 2.11. The van der Waals surface area contributed by atoms with Gasteiger partial charge in [-0.25, -0.2) is 9.78 Å². The van der Waals surface area contributed by atoms with Gasteiger partial charge in [-0.15, -0.1) is 0 Å². The monoisotopic (exact) mass is 322 g/mol. The number of nitrogens with one attached hydrogen (secondary N) is 1. The minimum Gasteiger partial charge on any atom is -0.475 e. The van der Waals surface area contributed by atoms with Crippen molar-refractivity contribution in [3.05, 3.63) is 23.9 Å². The molecular formula is C17H26N2O4.